The SMILES string of the molecule is Cc1nn(C)c(N2CCC(C)(O)C2)c1CNC1CC1. The highest BCUT2D eigenvalue weighted by atomic mass is 16.3. The number of hydrogen-bond acceptors (Lipinski definition) is 4. The maximum Gasteiger partial charge on any atom is 0.131 e. The van der Waals surface area contributed by atoms with E-state index in [4.69, 9.17) is 0 Å². The molecule has 1 saturated carbocycles. The zero-order valence-electron chi connectivity index (χ0n) is 12.1. The van der Waals surface area contributed by atoms with E-state index in [0.717, 1.165) is 25.2 Å². The minimum atomic E-state index is -0.570. The summed E-state index contributed by atoms with van der Waals surface area (Å²) in [7, 11) is 2.00. The summed E-state index contributed by atoms with van der Waals surface area (Å²) in [6.45, 7) is 6.48. The van der Waals surface area contributed by atoms with Gasteiger partial charge in [-0.3, -0.25) is 4.68 Å². The standard InChI is InChI=1S/C14H24N4O/c1-10-12(8-15-11-4-5-11)13(17(3)16-10)18-7-6-14(2,19)9-18/h11,15,19H,4-9H2,1-3H3. The Kier molecular flexibility index (Phi) is 3.06. The van der Waals surface area contributed by atoms with Crippen LogP contribution in [0, 0.1) is 6.92 Å². The third-order valence-corrected chi connectivity index (χ3v) is 4.21. The number of hydrogen-bond donors (Lipinski definition) is 2. The van der Waals surface area contributed by atoms with Crippen LogP contribution < -0.4 is 10.2 Å². The molecule has 1 atom stereocenters. The molecular weight excluding hydrogens is 240 g/mol. The van der Waals surface area contributed by atoms with E-state index in [-0.39, 0.29) is 0 Å². The predicted molar refractivity (Wildman–Crippen MR) is 75.3 cm³/mol. The highest BCUT2D eigenvalue weighted by Gasteiger charge is 2.34. The molecule has 2 fully saturated rings. The first-order valence-corrected chi connectivity index (χ1v) is 7.19. The topological polar surface area (TPSA) is 53.3 Å². The number of nitrogens with one attached hydrogen (secondary N) is 1. The van der Waals surface area contributed by atoms with Crippen molar-refractivity contribution in [2.24, 2.45) is 7.05 Å². The molecule has 1 unspecified atom stereocenters. The van der Waals surface area contributed by atoms with Gasteiger partial charge in [-0.25, -0.2) is 0 Å². The number of nitrogens with zero attached hydrogens (tertiary/aromatic N) is 3. The average Bonchev–Trinajstić information content (AvgIpc) is 3.01. The van der Waals surface area contributed by atoms with Crippen molar-refractivity contribution >= 4 is 5.82 Å². The van der Waals surface area contributed by atoms with Gasteiger partial charge in [0.05, 0.1) is 11.3 Å². The van der Waals surface area contributed by atoms with E-state index in [0.29, 0.717) is 12.6 Å². The molecule has 2 N–H and O–H groups in total. The number of anilines is 1. The molecule has 0 radical (unpaired) electrons. The van der Waals surface area contributed by atoms with E-state index >= 15 is 0 Å². The van der Waals surface area contributed by atoms with E-state index in [1.54, 1.807) is 0 Å². The molecule has 19 heavy (non-hydrogen) atoms. The van der Waals surface area contributed by atoms with Crippen LogP contribution in [0.15, 0.2) is 0 Å². The Morgan fingerprint density at radius 1 is 1.47 bits per heavy atom. The van der Waals surface area contributed by atoms with Crippen molar-refractivity contribution in [3.63, 3.8) is 0 Å². The van der Waals surface area contributed by atoms with Crippen LogP contribution in [0.1, 0.15) is 37.4 Å². The largest absolute Gasteiger partial charge is 0.388 e. The Morgan fingerprint density at radius 2 is 2.21 bits per heavy atom. The molecule has 2 heterocycles. The van der Waals surface area contributed by atoms with E-state index in [2.05, 4.69) is 22.2 Å². The van der Waals surface area contributed by atoms with Gasteiger partial charge in [0.15, 0.2) is 0 Å². The fraction of sp³-hybridized carbons (Fsp3) is 0.786. The zero-order valence-corrected chi connectivity index (χ0v) is 12.1. The average molecular weight is 264 g/mol. The summed E-state index contributed by atoms with van der Waals surface area (Å²) in [5.74, 6) is 1.17. The van der Waals surface area contributed by atoms with Crippen LogP contribution >= 0.6 is 0 Å². The molecule has 1 aromatic rings. The molecule has 106 valence electrons. The van der Waals surface area contributed by atoms with Crippen molar-refractivity contribution in [3.8, 4) is 0 Å². The first-order valence-electron chi connectivity index (χ1n) is 7.19. The highest BCUT2D eigenvalue weighted by molar-refractivity contribution is 5.51. The molecule has 0 aromatic carbocycles. The summed E-state index contributed by atoms with van der Waals surface area (Å²) in [5.41, 5.74) is 1.81. The van der Waals surface area contributed by atoms with Gasteiger partial charge in [-0.1, -0.05) is 0 Å². The van der Waals surface area contributed by atoms with Crippen molar-refractivity contribution in [2.75, 3.05) is 18.0 Å². The highest BCUT2D eigenvalue weighted by Crippen LogP contribution is 2.31. The molecule has 1 aromatic heterocycles. The Labute approximate surface area is 114 Å². The Bertz CT molecular complexity index is 476. The van der Waals surface area contributed by atoms with Gasteiger partial charge in [-0.2, -0.15) is 5.10 Å². The predicted octanol–water partition coefficient (Wildman–Crippen LogP) is 0.942. The zero-order chi connectivity index (χ0) is 13.6. The van der Waals surface area contributed by atoms with Gasteiger partial charge >= 0.3 is 0 Å². The first-order chi connectivity index (χ1) is 8.96. The number of aliphatic hydroxyl groups is 1. The summed E-state index contributed by atoms with van der Waals surface area (Å²) >= 11 is 0. The summed E-state index contributed by atoms with van der Waals surface area (Å²) in [6.07, 6.45) is 3.42. The number of rotatable bonds is 4. The van der Waals surface area contributed by atoms with Gasteiger partial charge in [0, 0.05) is 38.3 Å². The maximum atomic E-state index is 10.2. The second-order valence-corrected chi connectivity index (χ2v) is 6.33. The molecule has 5 nitrogen and oxygen atoms in total. The summed E-state index contributed by atoms with van der Waals surface area (Å²) in [4.78, 5) is 2.27. The number of β-amino-alcohol motifs (C(OH)–C–C–N with tert-alkyl or cyclic N) is 1. The lowest BCUT2D eigenvalue weighted by Gasteiger charge is -2.22. The van der Waals surface area contributed by atoms with E-state index < -0.39 is 5.60 Å². The Morgan fingerprint density at radius 3 is 2.79 bits per heavy atom. The Balaban J connectivity index is 1.82. The molecule has 5 heteroatoms. The molecule has 0 bridgehead atoms. The minimum absolute atomic E-state index is 0.570. The van der Waals surface area contributed by atoms with Crippen LogP contribution in [0.2, 0.25) is 0 Å². The van der Waals surface area contributed by atoms with E-state index in [1.165, 1.54) is 24.2 Å². The van der Waals surface area contributed by atoms with Crippen molar-refractivity contribution < 1.29 is 5.11 Å². The fourth-order valence-electron chi connectivity index (χ4n) is 2.95. The monoisotopic (exact) mass is 264 g/mol. The van der Waals surface area contributed by atoms with Gasteiger partial charge < -0.3 is 15.3 Å². The van der Waals surface area contributed by atoms with Crippen LogP contribution in [-0.2, 0) is 13.6 Å². The summed E-state index contributed by atoms with van der Waals surface area (Å²) in [6, 6.07) is 0.703. The van der Waals surface area contributed by atoms with Gasteiger partial charge in [0.25, 0.3) is 0 Å². The summed E-state index contributed by atoms with van der Waals surface area (Å²) < 4.78 is 1.96. The van der Waals surface area contributed by atoms with Crippen molar-refractivity contribution in [1.82, 2.24) is 15.1 Å². The lowest BCUT2D eigenvalue weighted by molar-refractivity contribution is 0.0838. The Hall–Kier alpha value is -1.07. The lowest BCUT2D eigenvalue weighted by Crippen LogP contribution is -2.31. The van der Waals surface area contributed by atoms with Gasteiger partial charge in [0.1, 0.15) is 5.82 Å². The third kappa shape index (κ3) is 2.62. The molecule has 0 spiro atoms. The van der Waals surface area contributed by atoms with Crippen LogP contribution in [0.5, 0.6) is 0 Å². The smallest absolute Gasteiger partial charge is 0.131 e. The number of aromatic nitrogens is 2. The van der Waals surface area contributed by atoms with E-state index in [1.807, 2.05) is 18.7 Å². The first kappa shape index (κ1) is 12.9. The number of aryl methyl sites for hydroxylation is 2. The van der Waals surface area contributed by atoms with Crippen molar-refractivity contribution in [2.45, 2.75) is 51.3 Å². The van der Waals surface area contributed by atoms with Crippen LogP contribution in [0.3, 0.4) is 0 Å². The molecule has 1 saturated heterocycles. The van der Waals surface area contributed by atoms with Gasteiger partial charge in [-0.15, -0.1) is 0 Å². The minimum Gasteiger partial charge on any atom is -0.388 e. The van der Waals surface area contributed by atoms with E-state index in [9.17, 15) is 5.11 Å². The van der Waals surface area contributed by atoms with Gasteiger partial charge in [-0.05, 0) is 33.1 Å². The van der Waals surface area contributed by atoms with Crippen LogP contribution in [-0.4, -0.2) is 39.6 Å². The second-order valence-electron chi connectivity index (χ2n) is 6.33. The van der Waals surface area contributed by atoms with Crippen molar-refractivity contribution in [1.29, 1.82) is 0 Å². The molecule has 1 aliphatic heterocycles. The summed E-state index contributed by atoms with van der Waals surface area (Å²) in [5, 5.41) is 18.3. The lowest BCUT2D eigenvalue weighted by atomic mass is 10.1. The molecule has 2 aliphatic rings. The van der Waals surface area contributed by atoms with Crippen LogP contribution in [0.4, 0.5) is 5.82 Å². The molecule has 1 aliphatic carbocycles. The van der Waals surface area contributed by atoms with Crippen molar-refractivity contribution in [3.05, 3.63) is 11.3 Å². The van der Waals surface area contributed by atoms with Crippen LogP contribution in [0.25, 0.3) is 0 Å². The maximum absolute atomic E-state index is 10.2. The third-order valence-electron chi connectivity index (χ3n) is 4.21. The molecule has 3 rings (SSSR count). The second kappa shape index (κ2) is 4.49. The van der Waals surface area contributed by atoms with Gasteiger partial charge in [0.2, 0.25) is 0 Å². The fourth-order valence-corrected chi connectivity index (χ4v) is 2.95. The molecular formula is C14H24N4O. The quantitative estimate of drug-likeness (QED) is 0.850. The molecule has 0 amide bonds. The normalized spacial score (nSPS) is 27.3.